The molecule has 3 rings (SSSR count). The van der Waals surface area contributed by atoms with Crippen LogP contribution in [-0.2, 0) is 6.42 Å². The summed E-state index contributed by atoms with van der Waals surface area (Å²) in [5.41, 5.74) is 4.03. The van der Waals surface area contributed by atoms with E-state index in [-0.39, 0.29) is 5.69 Å². The second-order valence-electron chi connectivity index (χ2n) is 5.02. The highest BCUT2D eigenvalue weighted by Gasteiger charge is 2.08. The van der Waals surface area contributed by atoms with Crippen LogP contribution in [-0.4, -0.2) is 9.91 Å². The number of non-ortho nitro benzene ring substituents is 1. The molecule has 0 aliphatic heterocycles. The van der Waals surface area contributed by atoms with Gasteiger partial charge in [-0.25, -0.2) is 4.98 Å². The molecule has 3 aromatic rings. The summed E-state index contributed by atoms with van der Waals surface area (Å²) in [6, 6.07) is 14.7. The maximum absolute atomic E-state index is 10.7. The molecule has 23 heavy (non-hydrogen) atoms. The fraction of sp³-hybridized carbons (Fsp3) is 0.118. The van der Waals surface area contributed by atoms with E-state index in [2.05, 4.69) is 29.4 Å². The van der Waals surface area contributed by atoms with Crippen molar-refractivity contribution in [2.75, 3.05) is 5.32 Å². The molecule has 1 aromatic heterocycles. The van der Waals surface area contributed by atoms with Crippen LogP contribution in [0, 0.1) is 10.1 Å². The van der Waals surface area contributed by atoms with E-state index in [1.165, 1.54) is 29.0 Å². The third kappa shape index (κ3) is 3.54. The first-order chi connectivity index (χ1) is 11.2. The quantitative estimate of drug-likeness (QED) is 0.528. The zero-order valence-electron chi connectivity index (χ0n) is 12.5. The molecule has 0 saturated carbocycles. The first-order valence-electron chi connectivity index (χ1n) is 7.22. The Morgan fingerprint density at radius 2 is 1.83 bits per heavy atom. The molecule has 0 saturated heterocycles. The average Bonchev–Trinajstić information content (AvgIpc) is 3.04. The van der Waals surface area contributed by atoms with Crippen molar-refractivity contribution in [3.63, 3.8) is 0 Å². The lowest BCUT2D eigenvalue weighted by atomic mass is 10.1. The number of hydrogen-bond donors (Lipinski definition) is 1. The third-order valence-corrected chi connectivity index (χ3v) is 4.25. The summed E-state index contributed by atoms with van der Waals surface area (Å²) >= 11 is 1.50. The number of nitro benzene ring substituents is 1. The molecule has 1 heterocycles. The molecule has 0 radical (unpaired) electrons. The van der Waals surface area contributed by atoms with Crippen molar-refractivity contribution < 1.29 is 4.92 Å². The zero-order chi connectivity index (χ0) is 16.2. The normalized spacial score (nSPS) is 10.5. The van der Waals surface area contributed by atoms with Crippen molar-refractivity contribution in [1.29, 1.82) is 0 Å². The smallest absolute Gasteiger partial charge is 0.269 e. The van der Waals surface area contributed by atoms with Gasteiger partial charge in [-0.15, -0.1) is 11.3 Å². The Kier molecular flexibility index (Phi) is 4.34. The summed E-state index contributed by atoms with van der Waals surface area (Å²) in [6.07, 6.45) is 1.02. The molecular formula is C17H15N3O2S. The molecule has 0 aliphatic carbocycles. The van der Waals surface area contributed by atoms with Crippen LogP contribution in [0.1, 0.15) is 12.5 Å². The highest BCUT2D eigenvalue weighted by atomic mass is 32.1. The van der Waals surface area contributed by atoms with Crippen LogP contribution in [0.2, 0.25) is 0 Å². The Bertz CT molecular complexity index is 811. The fourth-order valence-corrected chi connectivity index (χ4v) is 2.90. The molecule has 0 aliphatic rings. The molecule has 116 valence electrons. The molecule has 0 fully saturated rings. The van der Waals surface area contributed by atoms with Crippen molar-refractivity contribution in [1.82, 2.24) is 4.98 Å². The molecule has 0 unspecified atom stereocenters. The van der Waals surface area contributed by atoms with Gasteiger partial charge in [0.15, 0.2) is 5.13 Å². The summed E-state index contributed by atoms with van der Waals surface area (Å²) in [5, 5.41) is 16.7. The van der Waals surface area contributed by atoms with Crippen LogP contribution in [0.3, 0.4) is 0 Å². The molecule has 0 bridgehead atoms. The van der Waals surface area contributed by atoms with Crippen LogP contribution in [0.5, 0.6) is 0 Å². The first-order valence-corrected chi connectivity index (χ1v) is 8.10. The molecule has 2 aromatic carbocycles. The van der Waals surface area contributed by atoms with Crippen molar-refractivity contribution in [2.45, 2.75) is 13.3 Å². The predicted molar refractivity (Wildman–Crippen MR) is 93.3 cm³/mol. The van der Waals surface area contributed by atoms with Gasteiger partial charge in [0.2, 0.25) is 0 Å². The molecule has 5 nitrogen and oxygen atoms in total. The number of thiazole rings is 1. The summed E-state index contributed by atoms with van der Waals surface area (Å²) in [7, 11) is 0. The van der Waals surface area contributed by atoms with Gasteiger partial charge in [0.1, 0.15) is 0 Å². The standard InChI is InChI=1S/C17H15N3O2S/c1-2-12-3-7-14(8-4-12)18-17-19-16(11-23-17)13-5-9-15(10-6-13)20(21)22/h3-11H,2H2,1H3,(H,18,19). The SMILES string of the molecule is CCc1ccc(Nc2nc(-c3ccc([N+](=O)[O-])cc3)cs2)cc1. The minimum Gasteiger partial charge on any atom is -0.332 e. The van der Waals surface area contributed by atoms with Crippen LogP contribution < -0.4 is 5.32 Å². The number of aryl methyl sites for hydroxylation is 1. The predicted octanol–water partition coefficient (Wildman–Crippen LogP) is 5.02. The number of nitrogens with one attached hydrogen (secondary N) is 1. The Labute approximate surface area is 137 Å². The van der Waals surface area contributed by atoms with Crippen molar-refractivity contribution in [3.8, 4) is 11.3 Å². The lowest BCUT2D eigenvalue weighted by molar-refractivity contribution is -0.384. The number of rotatable bonds is 5. The molecule has 0 spiro atoms. The van der Waals surface area contributed by atoms with Crippen LogP contribution in [0.4, 0.5) is 16.5 Å². The highest BCUT2D eigenvalue weighted by Crippen LogP contribution is 2.28. The van der Waals surface area contributed by atoms with Gasteiger partial charge in [-0.3, -0.25) is 10.1 Å². The minimum absolute atomic E-state index is 0.0818. The van der Waals surface area contributed by atoms with Gasteiger partial charge in [0.25, 0.3) is 5.69 Å². The van der Waals surface area contributed by atoms with E-state index in [1.54, 1.807) is 12.1 Å². The Morgan fingerprint density at radius 1 is 1.13 bits per heavy atom. The lowest BCUT2D eigenvalue weighted by Gasteiger charge is -2.03. The number of nitro groups is 1. The number of hydrogen-bond acceptors (Lipinski definition) is 5. The van der Waals surface area contributed by atoms with Gasteiger partial charge in [-0.2, -0.15) is 0 Å². The molecular weight excluding hydrogens is 310 g/mol. The van der Waals surface area contributed by atoms with Gasteiger partial charge in [0, 0.05) is 28.8 Å². The van der Waals surface area contributed by atoms with Crippen molar-refractivity contribution >= 4 is 27.8 Å². The van der Waals surface area contributed by atoms with Crippen molar-refractivity contribution in [2.24, 2.45) is 0 Å². The van der Waals surface area contributed by atoms with Crippen LogP contribution >= 0.6 is 11.3 Å². The average molecular weight is 325 g/mol. The van der Waals surface area contributed by atoms with E-state index in [1.807, 2.05) is 17.5 Å². The monoisotopic (exact) mass is 325 g/mol. The van der Waals surface area contributed by atoms with Crippen LogP contribution in [0.15, 0.2) is 53.9 Å². The maximum atomic E-state index is 10.7. The van der Waals surface area contributed by atoms with Crippen LogP contribution in [0.25, 0.3) is 11.3 Å². The van der Waals surface area contributed by atoms with Gasteiger partial charge in [-0.1, -0.05) is 19.1 Å². The number of aromatic nitrogens is 1. The summed E-state index contributed by atoms with van der Waals surface area (Å²) in [6.45, 7) is 2.12. The molecule has 6 heteroatoms. The molecule has 0 atom stereocenters. The third-order valence-electron chi connectivity index (χ3n) is 3.49. The van der Waals surface area contributed by atoms with Gasteiger partial charge in [0.05, 0.1) is 10.6 Å². The number of nitrogens with zero attached hydrogens (tertiary/aromatic N) is 2. The van der Waals surface area contributed by atoms with E-state index in [4.69, 9.17) is 0 Å². The number of anilines is 2. The summed E-state index contributed by atoms with van der Waals surface area (Å²) < 4.78 is 0. The Morgan fingerprint density at radius 3 is 2.43 bits per heavy atom. The zero-order valence-corrected chi connectivity index (χ0v) is 13.3. The van der Waals surface area contributed by atoms with E-state index in [9.17, 15) is 10.1 Å². The van der Waals surface area contributed by atoms with Gasteiger partial charge < -0.3 is 5.32 Å². The minimum atomic E-state index is -0.405. The molecule has 1 N–H and O–H groups in total. The van der Waals surface area contributed by atoms with Gasteiger partial charge >= 0.3 is 0 Å². The Hall–Kier alpha value is -2.73. The second-order valence-corrected chi connectivity index (χ2v) is 5.88. The largest absolute Gasteiger partial charge is 0.332 e. The van der Waals surface area contributed by atoms with E-state index >= 15 is 0 Å². The Balaban J connectivity index is 1.75. The highest BCUT2D eigenvalue weighted by molar-refractivity contribution is 7.14. The molecule has 0 amide bonds. The van der Waals surface area contributed by atoms with Crippen molar-refractivity contribution in [3.05, 3.63) is 69.6 Å². The lowest BCUT2D eigenvalue weighted by Crippen LogP contribution is -1.90. The van der Waals surface area contributed by atoms with E-state index in [0.29, 0.717) is 0 Å². The van der Waals surface area contributed by atoms with E-state index < -0.39 is 4.92 Å². The van der Waals surface area contributed by atoms with E-state index in [0.717, 1.165) is 28.5 Å². The summed E-state index contributed by atoms with van der Waals surface area (Å²) in [5.74, 6) is 0. The second kappa shape index (κ2) is 6.58. The summed E-state index contributed by atoms with van der Waals surface area (Å²) in [4.78, 5) is 14.8. The maximum Gasteiger partial charge on any atom is 0.269 e. The topological polar surface area (TPSA) is 68.1 Å². The fourth-order valence-electron chi connectivity index (χ4n) is 2.16. The number of benzene rings is 2. The first kappa shape index (κ1) is 15.2. The van der Waals surface area contributed by atoms with Gasteiger partial charge in [-0.05, 0) is 36.2 Å².